The van der Waals surface area contributed by atoms with Gasteiger partial charge in [0.2, 0.25) is 0 Å². The van der Waals surface area contributed by atoms with Crippen molar-refractivity contribution < 1.29 is 4.42 Å². The van der Waals surface area contributed by atoms with Crippen LogP contribution in [0.5, 0.6) is 0 Å². The lowest BCUT2D eigenvalue weighted by atomic mass is 9.97. The highest BCUT2D eigenvalue weighted by molar-refractivity contribution is 7.25. The molecule has 1 nitrogen and oxygen atoms in total. The van der Waals surface area contributed by atoms with Crippen LogP contribution in [0.2, 0.25) is 0 Å². The van der Waals surface area contributed by atoms with Gasteiger partial charge < -0.3 is 4.42 Å². The second-order valence-corrected chi connectivity index (χ2v) is 7.64. The van der Waals surface area contributed by atoms with Gasteiger partial charge in [0.25, 0.3) is 0 Å². The Bertz CT molecular complexity index is 1430. The molecule has 0 spiro atoms. The fourth-order valence-electron chi connectivity index (χ4n) is 3.96. The second kappa shape index (κ2) is 5.20. The molecule has 0 aliphatic heterocycles. The Morgan fingerprint density at radius 3 is 2.19 bits per heavy atom. The van der Waals surface area contributed by atoms with Crippen LogP contribution in [0.25, 0.3) is 53.2 Å². The third-order valence-corrected chi connectivity index (χ3v) is 6.23. The predicted octanol–water partition coefficient (Wildman–Crippen LogP) is 7.62. The van der Waals surface area contributed by atoms with Crippen LogP contribution in [0, 0.1) is 0 Å². The quantitative estimate of drug-likeness (QED) is 0.297. The highest BCUT2D eigenvalue weighted by atomic mass is 32.1. The smallest absolute Gasteiger partial charge is 0.143 e. The van der Waals surface area contributed by atoms with Crippen LogP contribution in [0.3, 0.4) is 0 Å². The number of thiophene rings is 1. The van der Waals surface area contributed by atoms with Gasteiger partial charge in [0.1, 0.15) is 11.2 Å². The van der Waals surface area contributed by atoms with Gasteiger partial charge in [0.05, 0.1) is 0 Å². The number of furan rings is 1. The topological polar surface area (TPSA) is 13.1 Å². The van der Waals surface area contributed by atoms with E-state index < -0.39 is 0 Å². The first-order valence-electron chi connectivity index (χ1n) is 8.71. The van der Waals surface area contributed by atoms with Crippen molar-refractivity contribution in [3.63, 3.8) is 0 Å². The molecule has 0 atom stereocenters. The molecule has 2 heteroatoms. The highest BCUT2D eigenvalue weighted by Crippen LogP contribution is 2.43. The maximum Gasteiger partial charge on any atom is 0.143 e. The van der Waals surface area contributed by atoms with Gasteiger partial charge in [-0.2, -0.15) is 0 Å². The Morgan fingerprint density at radius 1 is 0.538 bits per heavy atom. The van der Waals surface area contributed by atoms with E-state index in [0.717, 1.165) is 16.7 Å². The van der Waals surface area contributed by atoms with E-state index >= 15 is 0 Å². The van der Waals surface area contributed by atoms with E-state index in [1.54, 1.807) is 0 Å². The first kappa shape index (κ1) is 14.1. The summed E-state index contributed by atoms with van der Waals surface area (Å²) >= 11 is 1.85. The molecule has 0 aliphatic rings. The molecule has 0 saturated heterocycles. The Hall–Kier alpha value is -3.10. The molecule has 0 aliphatic carbocycles. The third kappa shape index (κ3) is 1.85. The molecule has 4 aromatic carbocycles. The predicted molar refractivity (Wildman–Crippen MR) is 112 cm³/mol. The molecule has 0 fully saturated rings. The second-order valence-electron chi connectivity index (χ2n) is 6.56. The van der Waals surface area contributed by atoms with E-state index in [1.807, 2.05) is 23.5 Å². The summed E-state index contributed by atoms with van der Waals surface area (Å²) in [5.41, 5.74) is 4.31. The average Bonchev–Trinajstić information content (AvgIpc) is 3.26. The van der Waals surface area contributed by atoms with E-state index in [4.69, 9.17) is 4.42 Å². The van der Waals surface area contributed by atoms with Crippen LogP contribution in [0.15, 0.2) is 89.3 Å². The van der Waals surface area contributed by atoms with Crippen LogP contribution in [-0.2, 0) is 0 Å². The molecular formula is C24H14OS. The van der Waals surface area contributed by atoms with Crippen LogP contribution < -0.4 is 0 Å². The Morgan fingerprint density at radius 2 is 1.23 bits per heavy atom. The third-order valence-electron chi connectivity index (χ3n) is 5.10. The molecule has 6 aromatic rings. The summed E-state index contributed by atoms with van der Waals surface area (Å²) in [5, 5.41) is 4.98. The molecule has 122 valence electrons. The van der Waals surface area contributed by atoms with Crippen molar-refractivity contribution in [2.75, 3.05) is 0 Å². The van der Waals surface area contributed by atoms with Gasteiger partial charge in [0, 0.05) is 36.5 Å². The van der Waals surface area contributed by atoms with Crippen molar-refractivity contribution in [3.05, 3.63) is 84.9 Å². The van der Waals surface area contributed by atoms with Gasteiger partial charge in [-0.05, 0) is 23.8 Å². The lowest BCUT2D eigenvalue weighted by molar-refractivity contribution is 0.670. The van der Waals surface area contributed by atoms with Gasteiger partial charge in [-0.25, -0.2) is 0 Å². The molecule has 6 rings (SSSR count). The summed E-state index contributed by atoms with van der Waals surface area (Å²) in [5.74, 6) is 0. The SMILES string of the molecule is c1ccc2c(c1)oc1c(-c3cccc4sc5ccccc5c34)cccc12. The zero-order valence-corrected chi connectivity index (χ0v) is 14.7. The molecule has 26 heavy (non-hydrogen) atoms. The monoisotopic (exact) mass is 350 g/mol. The number of hydrogen-bond donors (Lipinski definition) is 0. The van der Waals surface area contributed by atoms with Crippen molar-refractivity contribution in [1.82, 2.24) is 0 Å². The van der Waals surface area contributed by atoms with Gasteiger partial charge in [-0.1, -0.05) is 66.7 Å². The lowest BCUT2D eigenvalue weighted by Gasteiger charge is -2.05. The highest BCUT2D eigenvalue weighted by Gasteiger charge is 2.15. The van der Waals surface area contributed by atoms with Gasteiger partial charge in [-0.3, -0.25) is 0 Å². The molecule has 0 unspecified atom stereocenters. The summed E-state index contributed by atoms with van der Waals surface area (Å²) in [6, 6.07) is 29.9. The maximum atomic E-state index is 6.28. The zero-order chi connectivity index (χ0) is 17.1. The summed E-state index contributed by atoms with van der Waals surface area (Å²) in [6.07, 6.45) is 0. The summed E-state index contributed by atoms with van der Waals surface area (Å²) in [4.78, 5) is 0. The van der Waals surface area contributed by atoms with Crippen LogP contribution in [-0.4, -0.2) is 0 Å². The normalized spacial score (nSPS) is 11.8. The summed E-state index contributed by atoms with van der Waals surface area (Å²) in [6.45, 7) is 0. The summed E-state index contributed by atoms with van der Waals surface area (Å²) < 4.78 is 8.92. The average molecular weight is 350 g/mol. The Kier molecular flexibility index (Phi) is 2.82. The standard InChI is InChI=1S/C24H14OS/c1-3-12-20-15(7-1)17-10-5-11-18(24(17)25-20)16-9-6-14-22-23(16)19-8-2-4-13-21(19)26-22/h1-14H. The molecular weight excluding hydrogens is 336 g/mol. The molecule has 0 saturated carbocycles. The minimum absolute atomic E-state index is 0.942. The molecule has 0 amide bonds. The molecule has 2 aromatic heterocycles. The fourth-order valence-corrected chi connectivity index (χ4v) is 5.09. The van der Waals surface area contributed by atoms with Gasteiger partial charge in [0.15, 0.2) is 0 Å². The number of hydrogen-bond acceptors (Lipinski definition) is 2. The van der Waals surface area contributed by atoms with Crippen molar-refractivity contribution in [2.45, 2.75) is 0 Å². The van der Waals surface area contributed by atoms with Crippen LogP contribution in [0.1, 0.15) is 0 Å². The summed E-state index contributed by atoms with van der Waals surface area (Å²) in [7, 11) is 0. The van der Waals surface area contributed by atoms with E-state index in [2.05, 4.69) is 72.8 Å². The minimum Gasteiger partial charge on any atom is -0.455 e. The van der Waals surface area contributed by atoms with Crippen molar-refractivity contribution in [1.29, 1.82) is 0 Å². The van der Waals surface area contributed by atoms with E-state index in [-0.39, 0.29) is 0 Å². The van der Waals surface area contributed by atoms with Crippen molar-refractivity contribution in [2.24, 2.45) is 0 Å². The number of rotatable bonds is 1. The number of fused-ring (bicyclic) bond motifs is 6. The molecule has 0 radical (unpaired) electrons. The maximum absolute atomic E-state index is 6.28. The van der Waals surface area contributed by atoms with Crippen LogP contribution in [0.4, 0.5) is 0 Å². The first-order valence-corrected chi connectivity index (χ1v) is 9.53. The first-order chi connectivity index (χ1) is 12.9. The van der Waals surface area contributed by atoms with Gasteiger partial charge >= 0.3 is 0 Å². The molecule has 2 heterocycles. The largest absolute Gasteiger partial charge is 0.455 e. The Labute approximate surface area is 154 Å². The number of para-hydroxylation sites is 2. The van der Waals surface area contributed by atoms with E-state index in [0.29, 0.717) is 0 Å². The Balaban J connectivity index is 1.79. The van der Waals surface area contributed by atoms with Gasteiger partial charge in [-0.15, -0.1) is 11.3 Å². The van der Waals surface area contributed by atoms with Crippen molar-refractivity contribution in [3.8, 4) is 11.1 Å². The molecule has 0 bridgehead atoms. The minimum atomic E-state index is 0.942. The fraction of sp³-hybridized carbons (Fsp3) is 0. The van der Waals surface area contributed by atoms with E-state index in [9.17, 15) is 0 Å². The van der Waals surface area contributed by atoms with E-state index in [1.165, 1.54) is 36.5 Å². The van der Waals surface area contributed by atoms with Crippen molar-refractivity contribution >= 4 is 53.4 Å². The molecule has 0 N–H and O–H groups in total. The lowest BCUT2D eigenvalue weighted by Crippen LogP contribution is -1.80. The zero-order valence-electron chi connectivity index (χ0n) is 13.9. The number of benzene rings is 4. The van der Waals surface area contributed by atoms with Crippen LogP contribution >= 0.6 is 11.3 Å².